The van der Waals surface area contributed by atoms with Gasteiger partial charge in [-0.3, -0.25) is 0 Å². The minimum atomic E-state index is 0.499. The smallest absolute Gasteiger partial charge is 0.0643 e. The molecule has 2 aliphatic carbocycles. The zero-order valence-corrected chi connectivity index (χ0v) is 9.51. The van der Waals surface area contributed by atoms with Gasteiger partial charge in [-0.05, 0) is 30.7 Å². The summed E-state index contributed by atoms with van der Waals surface area (Å²) < 4.78 is 5.99. The second-order valence-electron chi connectivity index (χ2n) is 4.93. The maximum Gasteiger partial charge on any atom is 0.0643 e. The van der Waals surface area contributed by atoms with Crippen LogP contribution in [0.3, 0.4) is 0 Å². The van der Waals surface area contributed by atoms with Crippen LogP contribution < -0.4 is 0 Å². The summed E-state index contributed by atoms with van der Waals surface area (Å²) in [6, 6.07) is 10.6. The predicted octanol–water partition coefficient (Wildman–Crippen LogP) is 3.21. The van der Waals surface area contributed by atoms with Crippen molar-refractivity contribution in [1.82, 2.24) is 0 Å². The van der Waals surface area contributed by atoms with Crippen LogP contribution in [0.1, 0.15) is 18.4 Å². The Bertz CT molecular complexity index is 368. The molecule has 3 rings (SSSR count). The van der Waals surface area contributed by atoms with Crippen molar-refractivity contribution in [2.45, 2.75) is 25.4 Å². The lowest BCUT2D eigenvalue weighted by Gasteiger charge is -2.18. The van der Waals surface area contributed by atoms with Crippen LogP contribution in [-0.4, -0.2) is 12.7 Å². The average molecular weight is 214 g/mol. The minimum absolute atomic E-state index is 0.499. The first-order valence-electron chi connectivity index (χ1n) is 6.25. The SMILES string of the molecule is C1=CC2CC1CC2OCCc1ccccc1. The Morgan fingerprint density at radius 3 is 2.62 bits per heavy atom. The lowest BCUT2D eigenvalue weighted by atomic mass is 10.0. The zero-order valence-electron chi connectivity index (χ0n) is 9.51. The zero-order chi connectivity index (χ0) is 10.8. The van der Waals surface area contributed by atoms with E-state index >= 15 is 0 Å². The van der Waals surface area contributed by atoms with Crippen LogP contribution in [-0.2, 0) is 11.2 Å². The van der Waals surface area contributed by atoms with Gasteiger partial charge in [0.2, 0.25) is 0 Å². The van der Waals surface area contributed by atoms with Crippen molar-refractivity contribution in [3.8, 4) is 0 Å². The Labute approximate surface area is 97.1 Å². The Kier molecular flexibility index (Phi) is 2.79. The molecule has 1 aromatic carbocycles. The van der Waals surface area contributed by atoms with Crippen molar-refractivity contribution in [2.24, 2.45) is 11.8 Å². The average Bonchev–Trinajstić information content (AvgIpc) is 2.92. The summed E-state index contributed by atoms with van der Waals surface area (Å²) in [5, 5.41) is 0. The Morgan fingerprint density at radius 1 is 1.06 bits per heavy atom. The van der Waals surface area contributed by atoms with E-state index in [1.807, 2.05) is 0 Å². The largest absolute Gasteiger partial charge is 0.377 e. The maximum atomic E-state index is 5.99. The van der Waals surface area contributed by atoms with Gasteiger partial charge < -0.3 is 4.74 Å². The summed E-state index contributed by atoms with van der Waals surface area (Å²) in [6.45, 7) is 0.867. The maximum absolute atomic E-state index is 5.99. The van der Waals surface area contributed by atoms with Gasteiger partial charge in [-0.1, -0.05) is 42.5 Å². The van der Waals surface area contributed by atoms with Crippen LogP contribution in [0.4, 0.5) is 0 Å². The number of allylic oxidation sites excluding steroid dienone is 1. The third kappa shape index (κ3) is 2.05. The Hall–Kier alpha value is -1.08. The quantitative estimate of drug-likeness (QED) is 0.699. The van der Waals surface area contributed by atoms with E-state index < -0.39 is 0 Å². The van der Waals surface area contributed by atoms with E-state index in [2.05, 4.69) is 42.5 Å². The molecule has 0 aromatic heterocycles. The van der Waals surface area contributed by atoms with Crippen molar-refractivity contribution >= 4 is 0 Å². The molecule has 3 atom stereocenters. The Morgan fingerprint density at radius 2 is 1.94 bits per heavy atom. The first kappa shape index (κ1) is 10.1. The molecule has 2 aliphatic rings. The van der Waals surface area contributed by atoms with Crippen molar-refractivity contribution in [2.75, 3.05) is 6.61 Å². The molecule has 0 saturated heterocycles. The number of rotatable bonds is 4. The number of fused-ring (bicyclic) bond motifs is 2. The fourth-order valence-electron chi connectivity index (χ4n) is 2.89. The van der Waals surface area contributed by atoms with Crippen LogP contribution >= 0.6 is 0 Å². The molecular formula is C15H18O. The highest BCUT2D eigenvalue weighted by molar-refractivity contribution is 5.15. The molecule has 1 nitrogen and oxygen atoms in total. The molecule has 0 radical (unpaired) electrons. The van der Waals surface area contributed by atoms with Crippen molar-refractivity contribution < 1.29 is 4.74 Å². The molecule has 84 valence electrons. The molecule has 16 heavy (non-hydrogen) atoms. The Balaban J connectivity index is 1.46. The summed E-state index contributed by atoms with van der Waals surface area (Å²) in [4.78, 5) is 0. The molecule has 1 heteroatoms. The molecule has 0 N–H and O–H groups in total. The van der Waals surface area contributed by atoms with Crippen molar-refractivity contribution in [1.29, 1.82) is 0 Å². The predicted molar refractivity (Wildman–Crippen MR) is 65.2 cm³/mol. The summed E-state index contributed by atoms with van der Waals surface area (Å²) in [5.74, 6) is 1.52. The fourth-order valence-corrected chi connectivity index (χ4v) is 2.89. The molecule has 3 unspecified atom stereocenters. The minimum Gasteiger partial charge on any atom is -0.377 e. The number of hydrogen-bond acceptors (Lipinski definition) is 1. The number of hydrogen-bond donors (Lipinski definition) is 0. The molecule has 0 heterocycles. The molecule has 2 bridgehead atoms. The number of benzene rings is 1. The first-order valence-corrected chi connectivity index (χ1v) is 6.25. The van der Waals surface area contributed by atoms with Gasteiger partial charge in [-0.2, -0.15) is 0 Å². The van der Waals surface area contributed by atoms with Crippen molar-refractivity contribution in [3.05, 3.63) is 48.0 Å². The van der Waals surface area contributed by atoms with E-state index in [1.165, 1.54) is 18.4 Å². The van der Waals surface area contributed by atoms with Gasteiger partial charge in [0, 0.05) is 5.92 Å². The van der Waals surface area contributed by atoms with Gasteiger partial charge in [-0.25, -0.2) is 0 Å². The molecule has 0 aliphatic heterocycles. The van der Waals surface area contributed by atoms with E-state index in [9.17, 15) is 0 Å². The second kappa shape index (κ2) is 4.42. The third-order valence-electron chi connectivity index (χ3n) is 3.78. The first-order chi connectivity index (χ1) is 7.92. The topological polar surface area (TPSA) is 9.23 Å². The van der Waals surface area contributed by atoms with Crippen LogP contribution in [0, 0.1) is 11.8 Å². The third-order valence-corrected chi connectivity index (χ3v) is 3.78. The summed E-state index contributed by atoms with van der Waals surface area (Å²) in [7, 11) is 0. The van der Waals surface area contributed by atoms with Crippen molar-refractivity contribution in [3.63, 3.8) is 0 Å². The van der Waals surface area contributed by atoms with Gasteiger partial charge in [0.25, 0.3) is 0 Å². The highest BCUT2D eigenvalue weighted by atomic mass is 16.5. The summed E-state index contributed by atoms with van der Waals surface area (Å²) >= 11 is 0. The van der Waals surface area contributed by atoms with E-state index in [0.29, 0.717) is 12.0 Å². The van der Waals surface area contributed by atoms with Gasteiger partial charge in [-0.15, -0.1) is 0 Å². The highest BCUT2D eigenvalue weighted by Gasteiger charge is 2.35. The van der Waals surface area contributed by atoms with Gasteiger partial charge in [0.05, 0.1) is 12.7 Å². The monoisotopic (exact) mass is 214 g/mol. The van der Waals surface area contributed by atoms with Gasteiger partial charge >= 0.3 is 0 Å². The van der Waals surface area contributed by atoms with Crippen LogP contribution in [0.25, 0.3) is 0 Å². The van der Waals surface area contributed by atoms with Crippen LogP contribution in [0.5, 0.6) is 0 Å². The van der Waals surface area contributed by atoms with Crippen LogP contribution in [0.2, 0.25) is 0 Å². The normalized spacial score (nSPS) is 31.1. The van der Waals surface area contributed by atoms with E-state index in [1.54, 1.807) is 0 Å². The van der Waals surface area contributed by atoms with Gasteiger partial charge in [0.15, 0.2) is 0 Å². The second-order valence-corrected chi connectivity index (χ2v) is 4.93. The standard InChI is InChI=1S/C15H18O/c1-2-4-12(5-3-1)8-9-16-15-11-13-6-7-14(15)10-13/h1-7,13-15H,8-11H2. The summed E-state index contributed by atoms with van der Waals surface area (Å²) in [5.41, 5.74) is 1.38. The van der Waals surface area contributed by atoms with E-state index in [4.69, 9.17) is 4.74 Å². The summed E-state index contributed by atoms with van der Waals surface area (Å²) in [6.07, 6.45) is 8.83. The molecule has 0 spiro atoms. The lowest BCUT2D eigenvalue weighted by Crippen LogP contribution is -2.19. The van der Waals surface area contributed by atoms with Gasteiger partial charge in [0.1, 0.15) is 0 Å². The molecule has 1 fully saturated rings. The molecule has 0 amide bonds. The molecule has 1 aromatic rings. The number of ether oxygens (including phenoxy) is 1. The van der Waals surface area contributed by atoms with E-state index in [0.717, 1.165) is 18.9 Å². The van der Waals surface area contributed by atoms with Crippen LogP contribution in [0.15, 0.2) is 42.5 Å². The highest BCUT2D eigenvalue weighted by Crippen LogP contribution is 2.40. The molecular weight excluding hydrogens is 196 g/mol. The fraction of sp³-hybridized carbons (Fsp3) is 0.467. The van der Waals surface area contributed by atoms with E-state index in [-0.39, 0.29) is 0 Å². The lowest BCUT2D eigenvalue weighted by molar-refractivity contribution is 0.0386. The molecule has 1 saturated carbocycles.